The lowest BCUT2D eigenvalue weighted by Gasteiger charge is -2.06. The molecule has 1 aromatic heterocycles. The molecule has 0 atom stereocenters. The van der Waals surface area contributed by atoms with Gasteiger partial charge in [0.15, 0.2) is 0 Å². The van der Waals surface area contributed by atoms with Crippen LogP contribution in [0.2, 0.25) is 0 Å². The van der Waals surface area contributed by atoms with Gasteiger partial charge in [0.25, 0.3) is 5.69 Å². The smallest absolute Gasteiger partial charge is 0.269 e. The molecule has 2 aromatic carbocycles. The summed E-state index contributed by atoms with van der Waals surface area (Å²) in [6.45, 7) is 2.49. The number of non-ortho nitro benzene ring substituents is 1. The van der Waals surface area contributed by atoms with Gasteiger partial charge in [0.05, 0.1) is 11.3 Å². The Balaban J connectivity index is 1.18. The normalized spacial score (nSPS) is 11.1. The number of rotatable bonds is 14. The lowest BCUT2D eigenvalue weighted by atomic mass is 10.1. The van der Waals surface area contributed by atoms with Gasteiger partial charge in [-0.05, 0) is 62.0 Å². The zero-order valence-corrected chi connectivity index (χ0v) is 19.2. The zero-order chi connectivity index (χ0) is 24.0. The van der Waals surface area contributed by atoms with E-state index in [-0.39, 0.29) is 16.5 Å². The average molecular weight is 462 g/mol. The predicted molar refractivity (Wildman–Crippen MR) is 134 cm³/mol. The monoisotopic (exact) mass is 461 g/mol. The first-order chi connectivity index (χ1) is 16.6. The molecular weight excluding hydrogens is 430 g/mol. The quantitative estimate of drug-likeness (QED) is 0.212. The number of imidazole rings is 1. The van der Waals surface area contributed by atoms with Crippen molar-refractivity contribution in [1.29, 1.82) is 0 Å². The van der Waals surface area contributed by atoms with Crippen molar-refractivity contribution in [3.05, 3.63) is 94.6 Å². The standard InChI is InChI=1S/C26H31N5O3/c32-26(7-3-5-22-8-12-24(13-9-22)30-20-19-28-21-30)29-18-2-1-16-27-17-4-6-23-10-14-25(15-11-23)31(33)34/h3,5,8-15,19-21,27H,1-2,4,6-7,16-18H2,(H,29,32)/b5-3+. The van der Waals surface area contributed by atoms with Crippen LogP contribution in [0.5, 0.6) is 0 Å². The van der Waals surface area contributed by atoms with Crippen LogP contribution in [0.4, 0.5) is 5.69 Å². The number of aromatic nitrogens is 2. The molecule has 0 aliphatic carbocycles. The Labute approximate surface area is 199 Å². The first-order valence-electron chi connectivity index (χ1n) is 11.6. The number of unbranched alkanes of at least 4 members (excludes halogenated alkanes) is 1. The van der Waals surface area contributed by atoms with Crippen LogP contribution in [0.3, 0.4) is 0 Å². The Hall–Kier alpha value is -3.78. The van der Waals surface area contributed by atoms with E-state index in [1.165, 1.54) is 0 Å². The van der Waals surface area contributed by atoms with Gasteiger partial charge in [-0.2, -0.15) is 0 Å². The van der Waals surface area contributed by atoms with Gasteiger partial charge in [0.1, 0.15) is 0 Å². The van der Waals surface area contributed by atoms with Crippen molar-refractivity contribution in [2.45, 2.75) is 32.1 Å². The van der Waals surface area contributed by atoms with Crippen molar-refractivity contribution in [2.24, 2.45) is 0 Å². The van der Waals surface area contributed by atoms with E-state index in [0.717, 1.165) is 55.6 Å². The molecule has 0 fully saturated rings. The summed E-state index contributed by atoms with van der Waals surface area (Å²) in [6, 6.07) is 14.8. The molecule has 178 valence electrons. The van der Waals surface area contributed by atoms with Gasteiger partial charge in [-0.25, -0.2) is 4.98 Å². The second kappa shape index (κ2) is 13.7. The first kappa shape index (κ1) is 24.9. The Bertz CT molecular complexity index is 1050. The van der Waals surface area contributed by atoms with Gasteiger partial charge >= 0.3 is 0 Å². The summed E-state index contributed by atoms with van der Waals surface area (Å²) in [6.07, 6.45) is 13.4. The van der Waals surface area contributed by atoms with Crippen LogP contribution in [-0.2, 0) is 11.2 Å². The van der Waals surface area contributed by atoms with Crippen molar-refractivity contribution in [2.75, 3.05) is 19.6 Å². The van der Waals surface area contributed by atoms with Gasteiger partial charge in [0.2, 0.25) is 5.91 Å². The molecule has 8 nitrogen and oxygen atoms in total. The second-order valence-electron chi connectivity index (χ2n) is 8.00. The molecule has 0 radical (unpaired) electrons. The number of carbonyl (C=O) groups is 1. The van der Waals surface area contributed by atoms with E-state index >= 15 is 0 Å². The molecule has 0 spiro atoms. The maximum Gasteiger partial charge on any atom is 0.269 e. The lowest BCUT2D eigenvalue weighted by molar-refractivity contribution is -0.384. The fourth-order valence-corrected chi connectivity index (χ4v) is 3.47. The molecule has 1 heterocycles. The number of nitrogens with one attached hydrogen (secondary N) is 2. The Kier molecular flexibility index (Phi) is 10.0. The van der Waals surface area contributed by atoms with Crippen LogP contribution < -0.4 is 10.6 Å². The fraction of sp³-hybridized carbons (Fsp3) is 0.308. The van der Waals surface area contributed by atoms with E-state index in [0.29, 0.717) is 13.0 Å². The van der Waals surface area contributed by atoms with Crippen LogP contribution >= 0.6 is 0 Å². The van der Waals surface area contributed by atoms with Crippen LogP contribution in [-0.4, -0.2) is 40.0 Å². The van der Waals surface area contributed by atoms with Crippen LogP contribution in [0, 0.1) is 10.1 Å². The number of amides is 1. The van der Waals surface area contributed by atoms with Gasteiger partial charge in [-0.3, -0.25) is 14.9 Å². The highest BCUT2D eigenvalue weighted by Crippen LogP contribution is 2.13. The summed E-state index contributed by atoms with van der Waals surface area (Å²) in [4.78, 5) is 26.3. The van der Waals surface area contributed by atoms with Crippen molar-refractivity contribution < 1.29 is 9.72 Å². The van der Waals surface area contributed by atoms with E-state index in [9.17, 15) is 14.9 Å². The zero-order valence-electron chi connectivity index (χ0n) is 19.2. The first-order valence-corrected chi connectivity index (χ1v) is 11.6. The Morgan fingerprint density at radius 1 is 1.00 bits per heavy atom. The van der Waals surface area contributed by atoms with E-state index in [2.05, 4.69) is 15.6 Å². The topological polar surface area (TPSA) is 102 Å². The molecule has 8 heteroatoms. The highest BCUT2D eigenvalue weighted by atomic mass is 16.6. The van der Waals surface area contributed by atoms with Crippen LogP contribution in [0.15, 0.2) is 73.3 Å². The highest BCUT2D eigenvalue weighted by molar-refractivity contribution is 5.78. The summed E-state index contributed by atoms with van der Waals surface area (Å²) in [5.74, 6) is 0.0299. The van der Waals surface area contributed by atoms with Gasteiger partial charge < -0.3 is 15.2 Å². The minimum atomic E-state index is -0.381. The number of hydrogen-bond donors (Lipinski definition) is 2. The third-order valence-electron chi connectivity index (χ3n) is 5.38. The van der Waals surface area contributed by atoms with Crippen molar-refractivity contribution in [3.63, 3.8) is 0 Å². The molecule has 0 aliphatic heterocycles. The van der Waals surface area contributed by atoms with E-state index in [1.54, 1.807) is 24.7 Å². The van der Waals surface area contributed by atoms with Crippen molar-refractivity contribution in [3.8, 4) is 5.69 Å². The van der Waals surface area contributed by atoms with E-state index < -0.39 is 0 Å². The van der Waals surface area contributed by atoms with Crippen LogP contribution in [0.25, 0.3) is 11.8 Å². The number of benzene rings is 2. The molecule has 1 amide bonds. The molecule has 0 saturated carbocycles. The van der Waals surface area contributed by atoms with E-state index in [1.807, 2.05) is 59.3 Å². The number of nitro benzene ring substituents is 1. The molecule has 2 N–H and O–H groups in total. The number of aryl methyl sites for hydroxylation is 1. The lowest BCUT2D eigenvalue weighted by Crippen LogP contribution is -2.24. The average Bonchev–Trinajstić information content (AvgIpc) is 3.39. The fourth-order valence-electron chi connectivity index (χ4n) is 3.47. The second-order valence-corrected chi connectivity index (χ2v) is 8.00. The predicted octanol–water partition coefficient (Wildman–Crippen LogP) is 4.30. The summed E-state index contributed by atoms with van der Waals surface area (Å²) >= 11 is 0. The van der Waals surface area contributed by atoms with Gasteiger partial charge in [-0.15, -0.1) is 0 Å². The van der Waals surface area contributed by atoms with Gasteiger partial charge in [0, 0.05) is 43.2 Å². The molecule has 34 heavy (non-hydrogen) atoms. The van der Waals surface area contributed by atoms with E-state index in [4.69, 9.17) is 0 Å². The molecule has 3 rings (SSSR count). The minimum absolute atomic E-state index is 0.0299. The third kappa shape index (κ3) is 8.63. The third-order valence-corrected chi connectivity index (χ3v) is 5.38. The maximum absolute atomic E-state index is 12.0. The summed E-state index contributed by atoms with van der Waals surface area (Å²) in [5, 5.41) is 17.0. The number of carbonyl (C=O) groups excluding carboxylic acids is 1. The minimum Gasteiger partial charge on any atom is -0.356 e. The number of hydrogen-bond acceptors (Lipinski definition) is 5. The Morgan fingerprint density at radius 3 is 2.44 bits per heavy atom. The molecule has 3 aromatic rings. The summed E-state index contributed by atoms with van der Waals surface area (Å²) in [5.41, 5.74) is 3.33. The summed E-state index contributed by atoms with van der Waals surface area (Å²) < 4.78 is 1.94. The summed E-state index contributed by atoms with van der Waals surface area (Å²) in [7, 11) is 0. The molecule has 0 saturated heterocycles. The van der Waals surface area contributed by atoms with Crippen molar-refractivity contribution >= 4 is 17.7 Å². The largest absolute Gasteiger partial charge is 0.356 e. The van der Waals surface area contributed by atoms with Crippen molar-refractivity contribution in [1.82, 2.24) is 20.2 Å². The van der Waals surface area contributed by atoms with Gasteiger partial charge in [-0.1, -0.05) is 36.4 Å². The molecule has 0 bridgehead atoms. The molecule has 0 unspecified atom stereocenters. The Morgan fingerprint density at radius 2 is 1.74 bits per heavy atom. The molecular formula is C26H31N5O3. The SMILES string of the molecule is O=C(C/C=C/c1ccc(-n2ccnc2)cc1)NCCCCNCCCc1ccc([N+](=O)[O-])cc1. The highest BCUT2D eigenvalue weighted by Gasteiger charge is 2.03. The maximum atomic E-state index is 12.0. The number of nitro groups is 1. The van der Waals surface area contributed by atoms with Crippen LogP contribution in [0.1, 0.15) is 36.8 Å². The number of nitrogens with zero attached hydrogens (tertiary/aromatic N) is 3. The molecule has 0 aliphatic rings.